The van der Waals surface area contributed by atoms with Crippen molar-refractivity contribution in [2.24, 2.45) is 5.92 Å². The number of amides is 1. The topological polar surface area (TPSA) is 44.4 Å². The summed E-state index contributed by atoms with van der Waals surface area (Å²) >= 11 is 0. The molecular weight excluding hydrogens is 343 g/mol. The predicted octanol–water partition coefficient (Wildman–Crippen LogP) is 3.99. The summed E-state index contributed by atoms with van der Waals surface area (Å²) in [5, 5.41) is 5.69. The molecule has 1 amide bonds. The second kappa shape index (κ2) is 9.92. The monoisotopic (exact) mass is 373 g/mol. The minimum atomic E-state index is -4.50. The highest BCUT2D eigenvalue weighted by atomic mass is 19.4. The van der Waals surface area contributed by atoms with Gasteiger partial charge in [0.2, 0.25) is 5.91 Å². The zero-order chi connectivity index (χ0) is 19.9. The number of halogens is 3. The van der Waals surface area contributed by atoms with E-state index in [0.29, 0.717) is 12.0 Å². The Morgan fingerprint density at radius 3 is 2.31 bits per heavy atom. The number of likely N-dealkylation sites (N-methyl/N-ethyl adjacent to an activating group) is 1. The van der Waals surface area contributed by atoms with Gasteiger partial charge in [0.05, 0.1) is 11.3 Å². The molecule has 1 aromatic carbocycles. The summed E-state index contributed by atoms with van der Waals surface area (Å²) in [4.78, 5) is 14.3. The van der Waals surface area contributed by atoms with E-state index in [9.17, 15) is 18.0 Å². The number of alkyl halides is 3. The van der Waals surface area contributed by atoms with E-state index in [-0.39, 0.29) is 18.2 Å². The maximum Gasteiger partial charge on any atom is 0.418 e. The van der Waals surface area contributed by atoms with Crippen LogP contribution in [-0.4, -0.2) is 43.5 Å². The number of para-hydroxylation sites is 1. The van der Waals surface area contributed by atoms with Gasteiger partial charge in [-0.15, -0.1) is 0 Å². The summed E-state index contributed by atoms with van der Waals surface area (Å²) in [7, 11) is 4.03. The fourth-order valence-electron chi connectivity index (χ4n) is 2.75. The van der Waals surface area contributed by atoms with E-state index in [1.165, 1.54) is 18.2 Å². The second-order valence-electron chi connectivity index (χ2n) is 7.35. The van der Waals surface area contributed by atoms with Crippen molar-refractivity contribution in [3.05, 3.63) is 29.8 Å². The minimum absolute atomic E-state index is 0.105. The highest BCUT2D eigenvalue weighted by molar-refractivity contribution is 5.92. The van der Waals surface area contributed by atoms with Crippen LogP contribution >= 0.6 is 0 Å². The van der Waals surface area contributed by atoms with Crippen molar-refractivity contribution in [2.45, 2.75) is 51.9 Å². The number of carbonyl (C=O) groups excluding carboxylic acids is 1. The first-order chi connectivity index (χ1) is 12.0. The van der Waals surface area contributed by atoms with Crippen molar-refractivity contribution in [3.8, 4) is 0 Å². The molecule has 0 radical (unpaired) electrons. The molecule has 0 aromatic heterocycles. The van der Waals surface area contributed by atoms with E-state index in [2.05, 4.69) is 29.4 Å². The van der Waals surface area contributed by atoms with Crippen LogP contribution in [0.4, 0.5) is 18.9 Å². The molecular formula is C19H30F3N3O. The third kappa shape index (κ3) is 7.74. The van der Waals surface area contributed by atoms with Gasteiger partial charge in [-0.05, 0) is 45.5 Å². The first-order valence-electron chi connectivity index (χ1n) is 8.86. The van der Waals surface area contributed by atoms with Gasteiger partial charge in [0, 0.05) is 25.0 Å². The van der Waals surface area contributed by atoms with E-state index < -0.39 is 17.6 Å². The van der Waals surface area contributed by atoms with Crippen LogP contribution < -0.4 is 10.6 Å². The Labute approximate surface area is 154 Å². The lowest BCUT2D eigenvalue weighted by molar-refractivity contribution is -0.137. The van der Waals surface area contributed by atoms with Gasteiger partial charge in [0.25, 0.3) is 0 Å². The van der Waals surface area contributed by atoms with E-state index >= 15 is 0 Å². The summed E-state index contributed by atoms with van der Waals surface area (Å²) in [6.45, 7) is 6.90. The molecule has 4 nitrogen and oxygen atoms in total. The van der Waals surface area contributed by atoms with Crippen LogP contribution in [-0.2, 0) is 11.0 Å². The quantitative estimate of drug-likeness (QED) is 0.688. The lowest BCUT2D eigenvalue weighted by Crippen LogP contribution is -2.42. The summed E-state index contributed by atoms with van der Waals surface area (Å²) in [6, 6.07) is 5.21. The summed E-state index contributed by atoms with van der Waals surface area (Å²) in [5.74, 6) is 0.119. The van der Waals surface area contributed by atoms with Crippen molar-refractivity contribution in [1.82, 2.24) is 10.2 Å². The van der Waals surface area contributed by atoms with Crippen LogP contribution in [0.25, 0.3) is 0 Å². The second-order valence-corrected chi connectivity index (χ2v) is 7.35. The van der Waals surface area contributed by atoms with E-state index in [4.69, 9.17) is 0 Å². The molecule has 26 heavy (non-hydrogen) atoms. The maximum atomic E-state index is 13.0. The number of carbonyl (C=O) groups is 1. The first-order valence-corrected chi connectivity index (χ1v) is 8.86. The van der Waals surface area contributed by atoms with Crippen LogP contribution in [0.2, 0.25) is 0 Å². The molecule has 0 saturated carbocycles. The van der Waals surface area contributed by atoms with Gasteiger partial charge >= 0.3 is 6.18 Å². The van der Waals surface area contributed by atoms with Crippen LogP contribution in [0.5, 0.6) is 0 Å². The van der Waals surface area contributed by atoms with Gasteiger partial charge < -0.3 is 15.5 Å². The molecule has 0 aliphatic rings. The third-order valence-corrected chi connectivity index (χ3v) is 4.17. The number of hydrogen-bond donors (Lipinski definition) is 2. The number of anilines is 1. The fourth-order valence-corrected chi connectivity index (χ4v) is 2.75. The lowest BCUT2D eigenvalue weighted by Gasteiger charge is -2.28. The van der Waals surface area contributed by atoms with Gasteiger partial charge in [-0.2, -0.15) is 13.2 Å². The number of nitrogens with zero attached hydrogens (tertiary/aromatic N) is 1. The van der Waals surface area contributed by atoms with Gasteiger partial charge in [-0.1, -0.05) is 26.0 Å². The molecule has 1 aromatic rings. The van der Waals surface area contributed by atoms with Gasteiger partial charge in [-0.25, -0.2) is 0 Å². The van der Waals surface area contributed by atoms with Gasteiger partial charge in [-0.3, -0.25) is 4.79 Å². The Kier molecular flexibility index (Phi) is 8.56. The maximum absolute atomic E-state index is 13.0. The highest BCUT2D eigenvalue weighted by Crippen LogP contribution is 2.34. The summed E-state index contributed by atoms with van der Waals surface area (Å²) in [6.07, 6.45) is -3.37. The third-order valence-electron chi connectivity index (χ3n) is 4.17. The average Bonchev–Trinajstić information content (AvgIpc) is 2.50. The lowest BCUT2D eigenvalue weighted by atomic mass is 10.0. The SMILES string of the molecule is CC(C)CC(CNC(C)CC(=O)Nc1ccccc1C(F)(F)F)N(C)C. The number of nitrogens with one attached hydrogen (secondary N) is 2. The number of benzene rings is 1. The first kappa shape index (κ1) is 22.4. The van der Waals surface area contributed by atoms with E-state index in [0.717, 1.165) is 19.0 Å². The Morgan fingerprint density at radius 1 is 1.15 bits per heavy atom. The molecule has 0 heterocycles. The molecule has 0 fully saturated rings. The average molecular weight is 373 g/mol. The highest BCUT2D eigenvalue weighted by Gasteiger charge is 2.33. The molecule has 1 rings (SSSR count). The Balaban J connectivity index is 2.58. The molecule has 0 aliphatic carbocycles. The minimum Gasteiger partial charge on any atom is -0.325 e. The molecule has 2 atom stereocenters. The zero-order valence-electron chi connectivity index (χ0n) is 16.2. The predicted molar refractivity (Wildman–Crippen MR) is 99.1 cm³/mol. The molecule has 0 aliphatic heterocycles. The molecule has 2 unspecified atom stereocenters. The van der Waals surface area contributed by atoms with Crippen molar-refractivity contribution < 1.29 is 18.0 Å². The van der Waals surface area contributed by atoms with Crippen LogP contribution in [0.3, 0.4) is 0 Å². The molecule has 0 bridgehead atoms. The normalized spacial score (nSPS) is 14.5. The Morgan fingerprint density at radius 2 is 1.77 bits per heavy atom. The summed E-state index contributed by atoms with van der Waals surface area (Å²) < 4.78 is 38.9. The van der Waals surface area contributed by atoms with Crippen LogP contribution in [0.15, 0.2) is 24.3 Å². The van der Waals surface area contributed by atoms with Crippen LogP contribution in [0, 0.1) is 5.92 Å². The molecule has 0 spiro atoms. The number of hydrogen-bond acceptors (Lipinski definition) is 3. The zero-order valence-corrected chi connectivity index (χ0v) is 16.2. The standard InChI is InChI=1S/C19H30F3N3O/c1-13(2)10-15(25(4)5)12-23-14(3)11-18(26)24-17-9-7-6-8-16(17)19(20,21)22/h6-9,13-15,23H,10-12H2,1-5H3,(H,24,26). The molecule has 2 N–H and O–H groups in total. The fraction of sp³-hybridized carbons (Fsp3) is 0.632. The van der Waals surface area contributed by atoms with E-state index in [1.54, 1.807) is 0 Å². The van der Waals surface area contributed by atoms with Crippen molar-refractivity contribution in [1.29, 1.82) is 0 Å². The number of rotatable bonds is 9. The smallest absolute Gasteiger partial charge is 0.325 e. The largest absolute Gasteiger partial charge is 0.418 e. The van der Waals surface area contributed by atoms with Gasteiger partial charge in [0.1, 0.15) is 0 Å². The summed E-state index contributed by atoms with van der Waals surface area (Å²) in [5.41, 5.74) is -1.04. The Hall–Kier alpha value is -1.60. The van der Waals surface area contributed by atoms with Crippen molar-refractivity contribution >= 4 is 11.6 Å². The molecule has 148 valence electrons. The van der Waals surface area contributed by atoms with Gasteiger partial charge in [0.15, 0.2) is 0 Å². The van der Waals surface area contributed by atoms with E-state index in [1.807, 2.05) is 21.0 Å². The molecule has 0 saturated heterocycles. The Bertz CT molecular complexity index is 573. The van der Waals surface area contributed by atoms with Crippen LogP contribution in [0.1, 0.15) is 39.2 Å². The van der Waals surface area contributed by atoms with Crippen molar-refractivity contribution in [2.75, 3.05) is 26.0 Å². The van der Waals surface area contributed by atoms with Crippen molar-refractivity contribution in [3.63, 3.8) is 0 Å². The molecule has 7 heteroatoms.